The van der Waals surface area contributed by atoms with E-state index in [1.54, 1.807) is 0 Å². The molecule has 0 fully saturated rings. The molecule has 152 valence electrons. The molecule has 0 saturated carbocycles. The van der Waals surface area contributed by atoms with E-state index in [1.807, 2.05) is 24.3 Å². The van der Waals surface area contributed by atoms with Crippen molar-refractivity contribution in [3.05, 3.63) is 125 Å². The highest BCUT2D eigenvalue weighted by atomic mass is 16.1. The van der Waals surface area contributed by atoms with E-state index in [2.05, 4.69) is 104 Å². The van der Waals surface area contributed by atoms with Gasteiger partial charge in [-0.2, -0.15) is 0 Å². The largest absolute Gasteiger partial charge is 0.311 e. The van der Waals surface area contributed by atoms with Gasteiger partial charge in [-0.3, -0.25) is 4.79 Å². The van der Waals surface area contributed by atoms with Crippen LogP contribution >= 0.6 is 0 Å². The van der Waals surface area contributed by atoms with E-state index in [1.165, 1.54) is 11.1 Å². The molecule has 4 rings (SSSR count). The zero-order valence-electron chi connectivity index (χ0n) is 17.8. The number of carbonyl (C=O) groups excluding carboxylic acids is 1. The third kappa shape index (κ3) is 4.99. The summed E-state index contributed by atoms with van der Waals surface area (Å²) in [4.78, 5) is 13.1. The lowest BCUT2D eigenvalue weighted by Gasteiger charge is -2.25. The first kappa shape index (κ1) is 20.4. The van der Waals surface area contributed by atoms with Crippen molar-refractivity contribution in [2.75, 3.05) is 4.90 Å². The molecule has 0 saturated heterocycles. The van der Waals surface area contributed by atoms with Gasteiger partial charge in [0.05, 0.1) is 0 Å². The molecule has 0 atom stereocenters. The maximum absolute atomic E-state index is 10.8. The monoisotopic (exact) mass is 403 g/mol. The van der Waals surface area contributed by atoms with Crippen LogP contribution in [0.1, 0.15) is 32.6 Å². The third-order valence-corrected chi connectivity index (χ3v) is 5.28. The molecule has 2 nitrogen and oxygen atoms in total. The molecule has 2 heteroatoms. The Hall–Kier alpha value is -3.91. The summed E-state index contributed by atoms with van der Waals surface area (Å²) in [5.41, 5.74) is 8.74. The van der Waals surface area contributed by atoms with E-state index in [0.29, 0.717) is 5.56 Å². The standard InChI is InChI=1S/C29H25NO/c1-22-3-15-27(16-4-22)30(28-17-5-23(2)6-18-28)29-19-13-25(14-20-29)8-7-24-9-11-26(21-31)12-10-24/h3-21H,1-2H3. The average Bonchev–Trinajstić information content (AvgIpc) is 2.81. The van der Waals surface area contributed by atoms with Crippen molar-refractivity contribution in [2.45, 2.75) is 13.8 Å². The number of carbonyl (C=O) groups is 1. The van der Waals surface area contributed by atoms with E-state index < -0.39 is 0 Å². The van der Waals surface area contributed by atoms with Crippen LogP contribution in [0.2, 0.25) is 0 Å². The lowest BCUT2D eigenvalue weighted by Crippen LogP contribution is -2.09. The molecule has 0 unspecified atom stereocenters. The molecule has 0 aliphatic heterocycles. The van der Waals surface area contributed by atoms with Crippen LogP contribution in [0.5, 0.6) is 0 Å². The number of hydrogen-bond acceptors (Lipinski definition) is 2. The van der Waals surface area contributed by atoms with Gasteiger partial charge in [-0.25, -0.2) is 0 Å². The summed E-state index contributed by atoms with van der Waals surface area (Å²) < 4.78 is 0. The van der Waals surface area contributed by atoms with E-state index in [-0.39, 0.29) is 0 Å². The highest BCUT2D eigenvalue weighted by Gasteiger charge is 2.12. The summed E-state index contributed by atoms with van der Waals surface area (Å²) >= 11 is 0. The number of rotatable bonds is 6. The van der Waals surface area contributed by atoms with Gasteiger partial charge in [-0.05, 0) is 61.4 Å². The van der Waals surface area contributed by atoms with Crippen LogP contribution in [0.4, 0.5) is 17.1 Å². The van der Waals surface area contributed by atoms with Gasteiger partial charge in [0.1, 0.15) is 6.29 Å². The molecule has 0 spiro atoms. The Morgan fingerprint density at radius 2 is 0.806 bits per heavy atom. The zero-order chi connectivity index (χ0) is 21.6. The second kappa shape index (κ2) is 9.27. The fraction of sp³-hybridized carbons (Fsp3) is 0.0690. The predicted octanol–water partition coefficient (Wildman–Crippen LogP) is 7.76. The molecular weight excluding hydrogens is 378 g/mol. The summed E-state index contributed by atoms with van der Waals surface area (Å²) in [6.07, 6.45) is 5.00. The molecule has 0 radical (unpaired) electrons. The lowest BCUT2D eigenvalue weighted by atomic mass is 10.1. The fourth-order valence-corrected chi connectivity index (χ4v) is 3.45. The molecule has 0 aliphatic rings. The van der Waals surface area contributed by atoms with Gasteiger partial charge in [0.25, 0.3) is 0 Å². The molecule has 0 heterocycles. The van der Waals surface area contributed by atoms with Gasteiger partial charge < -0.3 is 4.90 Å². The minimum atomic E-state index is 0.689. The van der Waals surface area contributed by atoms with Crippen molar-refractivity contribution in [1.29, 1.82) is 0 Å². The highest BCUT2D eigenvalue weighted by Crippen LogP contribution is 2.34. The first-order chi connectivity index (χ1) is 15.1. The molecule has 31 heavy (non-hydrogen) atoms. The smallest absolute Gasteiger partial charge is 0.150 e. The summed E-state index contributed by atoms with van der Waals surface area (Å²) in [5, 5.41) is 0. The van der Waals surface area contributed by atoms with Crippen LogP contribution in [0.15, 0.2) is 97.1 Å². The molecule has 0 aromatic heterocycles. The van der Waals surface area contributed by atoms with Crippen molar-refractivity contribution < 1.29 is 4.79 Å². The second-order valence-electron chi connectivity index (χ2n) is 7.72. The molecule has 0 aliphatic carbocycles. The molecule has 4 aromatic rings. The number of aryl methyl sites for hydroxylation is 2. The minimum Gasteiger partial charge on any atom is -0.311 e. The summed E-state index contributed by atoms with van der Waals surface area (Å²) in [5.74, 6) is 0. The first-order valence-electron chi connectivity index (χ1n) is 10.4. The number of anilines is 3. The van der Waals surface area contributed by atoms with Gasteiger partial charge in [-0.15, -0.1) is 0 Å². The SMILES string of the molecule is Cc1ccc(N(c2ccc(C)cc2)c2ccc(C=Cc3ccc(C=O)cc3)cc2)cc1. The van der Waals surface area contributed by atoms with Crippen LogP contribution in [-0.2, 0) is 0 Å². The van der Waals surface area contributed by atoms with Crippen LogP contribution in [0.25, 0.3) is 12.2 Å². The van der Waals surface area contributed by atoms with E-state index in [0.717, 1.165) is 34.5 Å². The van der Waals surface area contributed by atoms with Crippen LogP contribution in [-0.4, -0.2) is 6.29 Å². The number of nitrogens with zero attached hydrogens (tertiary/aromatic N) is 1. The van der Waals surface area contributed by atoms with Crippen molar-refractivity contribution in [2.24, 2.45) is 0 Å². The van der Waals surface area contributed by atoms with Gasteiger partial charge in [0.2, 0.25) is 0 Å². The van der Waals surface area contributed by atoms with E-state index in [4.69, 9.17) is 0 Å². The summed E-state index contributed by atoms with van der Waals surface area (Å²) in [7, 11) is 0. The Bertz CT molecular complexity index is 1120. The molecule has 4 aromatic carbocycles. The van der Waals surface area contributed by atoms with Crippen LogP contribution in [0, 0.1) is 13.8 Å². The van der Waals surface area contributed by atoms with Crippen molar-refractivity contribution >= 4 is 35.5 Å². The van der Waals surface area contributed by atoms with Crippen LogP contribution in [0.3, 0.4) is 0 Å². The lowest BCUT2D eigenvalue weighted by molar-refractivity contribution is 0.112. The molecular formula is C29H25NO. The predicted molar refractivity (Wildman–Crippen MR) is 131 cm³/mol. The van der Waals surface area contributed by atoms with E-state index >= 15 is 0 Å². The Kier molecular flexibility index (Phi) is 6.09. The highest BCUT2D eigenvalue weighted by molar-refractivity contribution is 5.79. The van der Waals surface area contributed by atoms with Gasteiger partial charge in [-0.1, -0.05) is 83.9 Å². The van der Waals surface area contributed by atoms with Crippen molar-refractivity contribution in [3.8, 4) is 0 Å². The van der Waals surface area contributed by atoms with Gasteiger partial charge in [0.15, 0.2) is 0 Å². The quantitative estimate of drug-likeness (QED) is 0.242. The minimum absolute atomic E-state index is 0.689. The zero-order valence-corrected chi connectivity index (χ0v) is 17.8. The Labute approximate surface area is 184 Å². The summed E-state index contributed by atoms with van der Waals surface area (Å²) in [6, 6.07) is 33.3. The third-order valence-electron chi connectivity index (χ3n) is 5.28. The van der Waals surface area contributed by atoms with Crippen LogP contribution < -0.4 is 4.90 Å². The summed E-state index contributed by atoms with van der Waals surface area (Å²) in [6.45, 7) is 4.21. The van der Waals surface area contributed by atoms with Crippen molar-refractivity contribution in [1.82, 2.24) is 0 Å². The Morgan fingerprint density at radius 1 is 0.484 bits per heavy atom. The average molecular weight is 404 g/mol. The van der Waals surface area contributed by atoms with Gasteiger partial charge in [0, 0.05) is 22.6 Å². The fourth-order valence-electron chi connectivity index (χ4n) is 3.45. The number of aldehydes is 1. The van der Waals surface area contributed by atoms with Crippen molar-refractivity contribution in [3.63, 3.8) is 0 Å². The Morgan fingerprint density at radius 3 is 1.19 bits per heavy atom. The maximum atomic E-state index is 10.8. The Balaban J connectivity index is 1.62. The topological polar surface area (TPSA) is 20.3 Å². The molecule has 0 amide bonds. The number of hydrogen-bond donors (Lipinski definition) is 0. The number of benzene rings is 4. The normalized spacial score (nSPS) is 10.9. The molecule has 0 N–H and O–H groups in total. The maximum Gasteiger partial charge on any atom is 0.150 e. The molecule has 0 bridgehead atoms. The first-order valence-corrected chi connectivity index (χ1v) is 10.4. The van der Waals surface area contributed by atoms with Gasteiger partial charge >= 0.3 is 0 Å². The van der Waals surface area contributed by atoms with E-state index in [9.17, 15) is 4.79 Å². The second-order valence-corrected chi connectivity index (χ2v) is 7.72.